The van der Waals surface area contributed by atoms with Gasteiger partial charge < -0.3 is 5.11 Å². The molecule has 5 heteroatoms. The van der Waals surface area contributed by atoms with Gasteiger partial charge in [0.1, 0.15) is 0 Å². The summed E-state index contributed by atoms with van der Waals surface area (Å²) < 4.78 is 37.3. The van der Waals surface area contributed by atoms with E-state index in [1.807, 2.05) is 13.8 Å². The molecule has 17 heavy (non-hydrogen) atoms. The van der Waals surface area contributed by atoms with E-state index in [2.05, 4.69) is 0 Å². The maximum absolute atomic E-state index is 12.4. The Morgan fingerprint density at radius 3 is 2.41 bits per heavy atom. The van der Waals surface area contributed by atoms with Crippen molar-refractivity contribution in [2.45, 2.75) is 58.4 Å². The third-order valence-electron chi connectivity index (χ3n) is 3.58. The minimum absolute atomic E-state index is 0.0168. The van der Waals surface area contributed by atoms with Gasteiger partial charge in [0.2, 0.25) is 0 Å². The summed E-state index contributed by atoms with van der Waals surface area (Å²) in [5, 5.41) is 9.89. The highest BCUT2D eigenvalue weighted by Gasteiger charge is 2.40. The second-order valence-electron chi connectivity index (χ2n) is 5.72. The van der Waals surface area contributed by atoms with Gasteiger partial charge in [0.25, 0.3) is 0 Å². The van der Waals surface area contributed by atoms with Gasteiger partial charge in [-0.05, 0) is 31.2 Å². The number of rotatable bonds is 3. The molecule has 0 spiro atoms. The zero-order valence-electron chi connectivity index (χ0n) is 10.7. The highest BCUT2D eigenvalue weighted by Crippen LogP contribution is 2.38. The number of hydrogen-bond donors (Lipinski definition) is 1. The van der Waals surface area contributed by atoms with Crippen LogP contribution in [0.2, 0.25) is 0 Å². The molecule has 0 saturated heterocycles. The van der Waals surface area contributed by atoms with Crippen LogP contribution in [-0.2, 0) is 0 Å². The number of likely N-dealkylation sites (N-methyl/N-ethyl adjacent to an activating group) is 1. The van der Waals surface area contributed by atoms with E-state index in [0.717, 1.165) is 6.42 Å². The van der Waals surface area contributed by atoms with Gasteiger partial charge in [-0.25, -0.2) is 0 Å². The van der Waals surface area contributed by atoms with E-state index < -0.39 is 18.8 Å². The average molecular weight is 253 g/mol. The number of aliphatic hydroxyl groups is 1. The summed E-state index contributed by atoms with van der Waals surface area (Å²) in [6.07, 6.45) is -2.75. The number of nitrogens with zero attached hydrogens (tertiary/aromatic N) is 1. The second kappa shape index (κ2) is 5.14. The van der Waals surface area contributed by atoms with E-state index in [0.29, 0.717) is 19.4 Å². The lowest BCUT2D eigenvalue weighted by Gasteiger charge is -2.44. The molecule has 102 valence electrons. The molecule has 0 aromatic heterocycles. The van der Waals surface area contributed by atoms with Crippen molar-refractivity contribution in [3.8, 4) is 0 Å². The molecule has 0 aromatic rings. The first-order valence-electron chi connectivity index (χ1n) is 6.13. The van der Waals surface area contributed by atoms with Crippen LogP contribution >= 0.6 is 0 Å². The van der Waals surface area contributed by atoms with Crippen molar-refractivity contribution in [1.82, 2.24) is 4.90 Å². The van der Waals surface area contributed by atoms with E-state index in [4.69, 9.17) is 0 Å². The maximum Gasteiger partial charge on any atom is 0.401 e. The molecule has 0 heterocycles. The lowest BCUT2D eigenvalue weighted by atomic mass is 9.73. The predicted molar refractivity (Wildman–Crippen MR) is 60.7 cm³/mol. The Kier molecular flexibility index (Phi) is 4.47. The summed E-state index contributed by atoms with van der Waals surface area (Å²) in [5.74, 6) is 0. The SMILES string of the molecule is CCN(CC(F)(F)F)C1CC(C)(C)CCC1O. The van der Waals surface area contributed by atoms with Gasteiger partial charge >= 0.3 is 6.18 Å². The Bertz CT molecular complexity index is 253. The van der Waals surface area contributed by atoms with Crippen molar-refractivity contribution in [3.05, 3.63) is 0 Å². The smallest absolute Gasteiger partial charge is 0.391 e. The Balaban J connectivity index is 2.72. The molecule has 1 aliphatic rings. The van der Waals surface area contributed by atoms with E-state index in [-0.39, 0.29) is 11.5 Å². The van der Waals surface area contributed by atoms with Crippen LogP contribution in [0.25, 0.3) is 0 Å². The monoisotopic (exact) mass is 253 g/mol. The summed E-state index contributed by atoms with van der Waals surface area (Å²) in [6, 6.07) is -0.370. The molecular formula is C12H22F3NO. The minimum Gasteiger partial charge on any atom is -0.391 e. The van der Waals surface area contributed by atoms with Crippen molar-refractivity contribution < 1.29 is 18.3 Å². The fraction of sp³-hybridized carbons (Fsp3) is 1.00. The Hall–Kier alpha value is -0.290. The predicted octanol–water partition coefficient (Wildman–Crippen LogP) is 2.81. The molecule has 0 bridgehead atoms. The third-order valence-corrected chi connectivity index (χ3v) is 3.58. The van der Waals surface area contributed by atoms with Crippen LogP contribution in [0.3, 0.4) is 0 Å². The molecule has 1 N–H and O–H groups in total. The van der Waals surface area contributed by atoms with Crippen LogP contribution in [0, 0.1) is 5.41 Å². The molecule has 0 amide bonds. The van der Waals surface area contributed by atoms with Gasteiger partial charge in [0, 0.05) is 6.04 Å². The lowest BCUT2D eigenvalue weighted by molar-refractivity contribution is -0.160. The van der Waals surface area contributed by atoms with Gasteiger partial charge in [-0.1, -0.05) is 20.8 Å². The number of alkyl halides is 3. The maximum atomic E-state index is 12.4. The van der Waals surface area contributed by atoms with Gasteiger partial charge in [0.15, 0.2) is 0 Å². The fourth-order valence-electron chi connectivity index (χ4n) is 2.60. The Labute approximate surface area is 101 Å². The molecule has 0 aromatic carbocycles. The average Bonchev–Trinajstić information content (AvgIpc) is 2.17. The highest BCUT2D eigenvalue weighted by atomic mass is 19.4. The zero-order chi connectivity index (χ0) is 13.3. The molecule has 2 nitrogen and oxygen atoms in total. The summed E-state index contributed by atoms with van der Waals surface area (Å²) in [7, 11) is 0. The minimum atomic E-state index is -4.20. The van der Waals surface area contributed by atoms with Crippen LogP contribution < -0.4 is 0 Å². The first-order chi connectivity index (χ1) is 7.64. The summed E-state index contributed by atoms with van der Waals surface area (Å²) in [4.78, 5) is 1.35. The number of hydrogen-bond acceptors (Lipinski definition) is 2. The molecule has 2 unspecified atom stereocenters. The fourth-order valence-corrected chi connectivity index (χ4v) is 2.60. The van der Waals surface area contributed by atoms with Crippen molar-refractivity contribution in [2.75, 3.05) is 13.1 Å². The topological polar surface area (TPSA) is 23.5 Å². The van der Waals surface area contributed by atoms with Gasteiger partial charge in [-0.3, -0.25) is 4.90 Å². The van der Waals surface area contributed by atoms with Crippen LogP contribution in [0.5, 0.6) is 0 Å². The van der Waals surface area contributed by atoms with Crippen molar-refractivity contribution in [2.24, 2.45) is 5.41 Å². The third kappa shape index (κ3) is 4.47. The van der Waals surface area contributed by atoms with Crippen LogP contribution in [0.15, 0.2) is 0 Å². The zero-order valence-corrected chi connectivity index (χ0v) is 10.7. The van der Waals surface area contributed by atoms with Crippen LogP contribution in [0.4, 0.5) is 13.2 Å². The Morgan fingerprint density at radius 2 is 1.94 bits per heavy atom. The molecule has 1 saturated carbocycles. The first kappa shape index (κ1) is 14.8. The van der Waals surface area contributed by atoms with E-state index in [1.54, 1.807) is 6.92 Å². The first-order valence-corrected chi connectivity index (χ1v) is 6.13. The van der Waals surface area contributed by atoms with Gasteiger partial charge in [0.05, 0.1) is 12.6 Å². The largest absolute Gasteiger partial charge is 0.401 e. The van der Waals surface area contributed by atoms with E-state index >= 15 is 0 Å². The molecule has 0 radical (unpaired) electrons. The standard InChI is InChI=1S/C12H22F3NO/c1-4-16(8-12(13,14)15)9-7-11(2,3)6-5-10(9)17/h9-10,17H,4-8H2,1-3H3. The lowest BCUT2D eigenvalue weighted by Crippen LogP contribution is -2.51. The van der Waals surface area contributed by atoms with Crippen molar-refractivity contribution in [3.63, 3.8) is 0 Å². The Morgan fingerprint density at radius 1 is 1.35 bits per heavy atom. The van der Waals surface area contributed by atoms with Crippen LogP contribution in [0.1, 0.15) is 40.0 Å². The van der Waals surface area contributed by atoms with Gasteiger partial charge in [-0.15, -0.1) is 0 Å². The molecule has 1 aliphatic carbocycles. The molecular weight excluding hydrogens is 231 g/mol. The van der Waals surface area contributed by atoms with Gasteiger partial charge in [-0.2, -0.15) is 13.2 Å². The summed E-state index contributed by atoms with van der Waals surface area (Å²) >= 11 is 0. The normalized spacial score (nSPS) is 29.6. The van der Waals surface area contributed by atoms with E-state index in [9.17, 15) is 18.3 Å². The summed E-state index contributed by atoms with van der Waals surface area (Å²) in [6.45, 7) is 5.19. The molecule has 0 aliphatic heterocycles. The van der Waals surface area contributed by atoms with Crippen molar-refractivity contribution in [1.29, 1.82) is 0 Å². The van der Waals surface area contributed by atoms with E-state index in [1.165, 1.54) is 4.90 Å². The number of aliphatic hydroxyl groups excluding tert-OH is 1. The highest BCUT2D eigenvalue weighted by molar-refractivity contribution is 4.91. The molecule has 1 rings (SSSR count). The van der Waals surface area contributed by atoms with Crippen LogP contribution in [-0.4, -0.2) is 41.4 Å². The second-order valence-corrected chi connectivity index (χ2v) is 5.72. The van der Waals surface area contributed by atoms with Crippen molar-refractivity contribution >= 4 is 0 Å². The molecule has 1 fully saturated rings. The quantitative estimate of drug-likeness (QED) is 0.836. The molecule has 2 atom stereocenters. The summed E-state index contributed by atoms with van der Waals surface area (Å²) in [5.41, 5.74) is 0.0168. The number of halogens is 3.